The second-order valence-corrected chi connectivity index (χ2v) is 6.72. The van der Waals surface area contributed by atoms with Gasteiger partial charge in [0.15, 0.2) is 0 Å². The fraction of sp³-hybridized carbons (Fsp3) is 0.263. The van der Waals surface area contributed by atoms with E-state index in [1.165, 1.54) is 0 Å². The molecule has 6 heteroatoms. The minimum absolute atomic E-state index is 0.0157. The number of carbonyl (C=O) groups excluding carboxylic acids is 2. The van der Waals surface area contributed by atoms with Crippen LogP contribution in [-0.2, 0) is 9.59 Å². The van der Waals surface area contributed by atoms with Crippen LogP contribution in [0.2, 0.25) is 0 Å². The zero-order valence-electron chi connectivity index (χ0n) is 14.2. The lowest BCUT2D eigenvalue weighted by Gasteiger charge is -2.24. The molecule has 0 bridgehead atoms. The van der Waals surface area contributed by atoms with E-state index < -0.39 is 0 Å². The van der Waals surface area contributed by atoms with Gasteiger partial charge < -0.3 is 10.1 Å². The number of benzene rings is 2. The Kier molecular flexibility index (Phi) is 5.28. The van der Waals surface area contributed by atoms with Crippen molar-refractivity contribution in [1.82, 2.24) is 0 Å². The summed E-state index contributed by atoms with van der Waals surface area (Å²) in [6.45, 7) is 1.82. The topological polar surface area (TPSA) is 58.6 Å². The summed E-state index contributed by atoms with van der Waals surface area (Å²) in [7, 11) is 1.62. The summed E-state index contributed by atoms with van der Waals surface area (Å²) in [5.41, 5.74) is 2.64. The zero-order valence-corrected chi connectivity index (χ0v) is 15.0. The molecule has 0 unspecified atom stereocenters. The number of thioether (sulfide) groups is 1. The highest BCUT2D eigenvalue weighted by atomic mass is 32.2. The second-order valence-electron chi connectivity index (χ2n) is 5.65. The second kappa shape index (κ2) is 7.61. The number of hydrogen-bond acceptors (Lipinski definition) is 4. The van der Waals surface area contributed by atoms with Crippen LogP contribution in [0.4, 0.5) is 11.4 Å². The van der Waals surface area contributed by atoms with Crippen LogP contribution in [0, 0.1) is 0 Å². The summed E-state index contributed by atoms with van der Waals surface area (Å²) in [6.07, 6.45) is 0.444. The Hall–Kier alpha value is -2.47. The number of nitrogens with one attached hydrogen (secondary N) is 1. The standard InChI is InChI=1S/C19H20N2O3S/c1-3-17(22)20-14-6-4-13(5-7-14)19-21(18(23)12-25-19)15-8-10-16(24-2)11-9-15/h4-11,19H,3,12H2,1-2H3,(H,20,22)/t19-/m1/s1. The molecule has 2 aromatic rings. The molecule has 1 N–H and O–H groups in total. The van der Waals surface area contributed by atoms with Gasteiger partial charge in [0.25, 0.3) is 0 Å². The normalized spacial score (nSPS) is 16.8. The van der Waals surface area contributed by atoms with E-state index in [1.807, 2.05) is 60.4 Å². The van der Waals surface area contributed by atoms with Crippen LogP contribution >= 0.6 is 11.8 Å². The summed E-state index contributed by atoms with van der Waals surface area (Å²) in [4.78, 5) is 25.7. The van der Waals surface area contributed by atoms with Gasteiger partial charge in [-0.15, -0.1) is 11.8 Å². The molecule has 3 rings (SSSR count). The third kappa shape index (κ3) is 3.79. The van der Waals surface area contributed by atoms with Gasteiger partial charge in [-0.1, -0.05) is 19.1 Å². The highest BCUT2D eigenvalue weighted by Crippen LogP contribution is 2.42. The average molecular weight is 356 g/mol. The lowest BCUT2D eigenvalue weighted by atomic mass is 10.1. The Labute approximate surface area is 151 Å². The van der Waals surface area contributed by atoms with Crippen molar-refractivity contribution < 1.29 is 14.3 Å². The van der Waals surface area contributed by atoms with Crippen molar-refractivity contribution in [3.63, 3.8) is 0 Å². The molecule has 25 heavy (non-hydrogen) atoms. The number of amides is 2. The lowest BCUT2D eigenvalue weighted by Crippen LogP contribution is -2.27. The molecular formula is C19H20N2O3S. The maximum atomic E-state index is 12.4. The molecule has 1 atom stereocenters. The number of carbonyl (C=O) groups is 2. The van der Waals surface area contributed by atoms with Crippen LogP contribution in [0.25, 0.3) is 0 Å². The molecule has 2 amide bonds. The molecule has 0 radical (unpaired) electrons. The summed E-state index contributed by atoms with van der Waals surface area (Å²) >= 11 is 1.60. The molecule has 5 nitrogen and oxygen atoms in total. The van der Waals surface area contributed by atoms with Crippen LogP contribution < -0.4 is 15.0 Å². The summed E-state index contributed by atoms with van der Waals surface area (Å²) in [6, 6.07) is 15.2. The highest BCUT2D eigenvalue weighted by molar-refractivity contribution is 8.00. The molecule has 1 heterocycles. The van der Waals surface area contributed by atoms with E-state index in [1.54, 1.807) is 18.9 Å². The van der Waals surface area contributed by atoms with Gasteiger partial charge in [-0.2, -0.15) is 0 Å². The number of hydrogen-bond donors (Lipinski definition) is 1. The minimum Gasteiger partial charge on any atom is -0.497 e. The number of ether oxygens (including phenoxy) is 1. The highest BCUT2D eigenvalue weighted by Gasteiger charge is 2.33. The van der Waals surface area contributed by atoms with Gasteiger partial charge in [0.05, 0.1) is 12.9 Å². The van der Waals surface area contributed by atoms with Gasteiger partial charge in [0.1, 0.15) is 11.1 Å². The Balaban J connectivity index is 1.82. The van der Waals surface area contributed by atoms with Crippen molar-refractivity contribution in [2.24, 2.45) is 0 Å². The fourth-order valence-electron chi connectivity index (χ4n) is 2.67. The molecule has 1 aliphatic rings. The average Bonchev–Trinajstić information content (AvgIpc) is 3.04. The number of nitrogens with zero attached hydrogens (tertiary/aromatic N) is 1. The largest absolute Gasteiger partial charge is 0.497 e. The van der Waals surface area contributed by atoms with Gasteiger partial charge >= 0.3 is 0 Å². The third-order valence-corrected chi connectivity index (χ3v) is 5.23. The van der Waals surface area contributed by atoms with E-state index in [-0.39, 0.29) is 17.2 Å². The Bertz CT molecular complexity index is 759. The molecule has 0 aromatic heterocycles. The van der Waals surface area contributed by atoms with Crippen molar-refractivity contribution in [2.75, 3.05) is 23.1 Å². The van der Waals surface area contributed by atoms with Gasteiger partial charge in [-0.3, -0.25) is 14.5 Å². The van der Waals surface area contributed by atoms with Crippen LogP contribution in [0.1, 0.15) is 24.3 Å². The van der Waals surface area contributed by atoms with Crippen molar-refractivity contribution in [3.05, 3.63) is 54.1 Å². The molecule has 0 aliphatic carbocycles. The first-order valence-electron chi connectivity index (χ1n) is 8.10. The minimum atomic E-state index is -0.0724. The van der Waals surface area contributed by atoms with Crippen LogP contribution in [0.5, 0.6) is 5.75 Å². The smallest absolute Gasteiger partial charge is 0.238 e. The van der Waals surface area contributed by atoms with Crippen LogP contribution in [0.3, 0.4) is 0 Å². The monoisotopic (exact) mass is 356 g/mol. The van der Waals surface area contributed by atoms with Crippen molar-refractivity contribution >= 4 is 35.0 Å². The van der Waals surface area contributed by atoms with Crippen LogP contribution in [-0.4, -0.2) is 24.7 Å². The first-order chi connectivity index (χ1) is 12.1. The lowest BCUT2D eigenvalue weighted by molar-refractivity contribution is -0.116. The zero-order chi connectivity index (χ0) is 17.8. The molecule has 2 aromatic carbocycles. The fourth-order valence-corrected chi connectivity index (χ4v) is 3.85. The Morgan fingerprint density at radius 2 is 1.88 bits per heavy atom. The van der Waals surface area contributed by atoms with Gasteiger partial charge in [-0.05, 0) is 42.0 Å². The maximum absolute atomic E-state index is 12.4. The first-order valence-corrected chi connectivity index (χ1v) is 9.14. The molecule has 0 spiro atoms. The Morgan fingerprint density at radius 3 is 2.48 bits per heavy atom. The quantitative estimate of drug-likeness (QED) is 0.885. The molecular weight excluding hydrogens is 336 g/mol. The third-order valence-electron chi connectivity index (χ3n) is 4.02. The summed E-state index contributed by atoms with van der Waals surface area (Å²) < 4.78 is 5.18. The number of rotatable bonds is 5. The van der Waals surface area contributed by atoms with Gasteiger partial charge in [-0.25, -0.2) is 0 Å². The first kappa shape index (κ1) is 17.4. The summed E-state index contributed by atoms with van der Waals surface area (Å²) in [5, 5.41) is 2.76. The van der Waals surface area contributed by atoms with E-state index >= 15 is 0 Å². The maximum Gasteiger partial charge on any atom is 0.238 e. The van der Waals surface area contributed by atoms with E-state index in [0.29, 0.717) is 12.2 Å². The molecule has 1 fully saturated rings. The molecule has 130 valence electrons. The predicted octanol–water partition coefficient (Wildman–Crippen LogP) is 3.82. The molecule has 1 aliphatic heterocycles. The molecule has 1 saturated heterocycles. The van der Waals surface area contributed by atoms with Crippen molar-refractivity contribution in [3.8, 4) is 5.75 Å². The van der Waals surface area contributed by atoms with Crippen molar-refractivity contribution in [1.29, 1.82) is 0 Å². The van der Waals surface area contributed by atoms with E-state index in [2.05, 4.69) is 5.32 Å². The number of anilines is 2. The van der Waals surface area contributed by atoms with E-state index in [0.717, 1.165) is 22.7 Å². The molecule has 0 saturated carbocycles. The van der Waals surface area contributed by atoms with E-state index in [9.17, 15) is 9.59 Å². The van der Waals surface area contributed by atoms with Crippen molar-refractivity contribution in [2.45, 2.75) is 18.7 Å². The SMILES string of the molecule is CCC(=O)Nc1ccc([C@H]2SCC(=O)N2c2ccc(OC)cc2)cc1. The number of methoxy groups -OCH3 is 1. The van der Waals surface area contributed by atoms with Gasteiger partial charge in [0.2, 0.25) is 11.8 Å². The van der Waals surface area contributed by atoms with Crippen LogP contribution in [0.15, 0.2) is 48.5 Å². The Morgan fingerprint density at radius 1 is 1.20 bits per heavy atom. The van der Waals surface area contributed by atoms with E-state index in [4.69, 9.17) is 4.74 Å². The predicted molar refractivity (Wildman–Crippen MR) is 101 cm³/mol. The van der Waals surface area contributed by atoms with Gasteiger partial charge in [0, 0.05) is 17.8 Å². The summed E-state index contributed by atoms with van der Waals surface area (Å²) in [5.74, 6) is 1.28.